The van der Waals surface area contributed by atoms with Crippen molar-refractivity contribution in [3.63, 3.8) is 0 Å². The van der Waals surface area contributed by atoms with Gasteiger partial charge in [-0.15, -0.1) is 0 Å². The molecule has 1 heterocycles. The third kappa shape index (κ3) is 2.09. The Kier molecular flexibility index (Phi) is 2.84. The van der Waals surface area contributed by atoms with Crippen LogP contribution in [-0.2, 0) is 0 Å². The van der Waals surface area contributed by atoms with E-state index in [4.69, 9.17) is 11.0 Å². The van der Waals surface area contributed by atoms with Crippen molar-refractivity contribution in [1.82, 2.24) is 4.98 Å². The molecule has 0 unspecified atom stereocenters. The Bertz CT molecular complexity index is 365. The first-order chi connectivity index (χ1) is 5.86. The van der Waals surface area contributed by atoms with E-state index in [1.165, 1.54) is 0 Å². The number of aromatic nitrogens is 1. The SMILES string of the molecule is N#Cc1ccnc(C#CCN)c1. The Morgan fingerprint density at radius 2 is 2.42 bits per heavy atom. The van der Waals surface area contributed by atoms with Crippen molar-refractivity contribution in [2.75, 3.05) is 6.54 Å². The molecule has 0 spiro atoms. The van der Waals surface area contributed by atoms with E-state index >= 15 is 0 Å². The number of nitriles is 1. The van der Waals surface area contributed by atoms with Crippen molar-refractivity contribution in [3.8, 4) is 17.9 Å². The van der Waals surface area contributed by atoms with Gasteiger partial charge in [0, 0.05) is 6.20 Å². The van der Waals surface area contributed by atoms with Crippen LogP contribution in [0.5, 0.6) is 0 Å². The van der Waals surface area contributed by atoms with E-state index in [9.17, 15) is 0 Å². The second-order valence-electron chi connectivity index (χ2n) is 2.05. The summed E-state index contributed by atoms with van der Waals surface area (Å²) in [6.07, 6.45) is 1.55. The summed E-state index contributed by atoms with van der Waals surface area (Å²) in [6.45, 7) is 0.304. The molecule has 0 atom stereocenters. The molecule has 1 aromatic rings. The van der Waals surface area contributed by atoms with Crippen LogP contribution in [0.1, 0.15) is 11.3 Å². The minimum Gasteiger partial charge on any atom is -0.320 e. The highest BCUT2D eigenvalue weighted by Gasteiger charge is 1.90. The van der Waals surface area contributed by atoms with Crippen LogP contribution < -0.4 is 5.73 Å². The molecule has 58 valence electrons. The number of hydrogen-bond donors (Lipinski definition) is 1. The van der Waals surface area contributed by atoms with Crippen LogP contribution in [0.25, 0.3) is 0 Å². The molecule has 0 fully saturated rings. The lowest BCUT2D eigenvalue weighted by molar-refractivity contribution is 1.26. The molecule has 2 N–H and O–H groups in total. The van der Waals surface area contributed by atoms with Gasteiger partial charge in [-0.1, -0.05) is 5.92 Å². The molecule has 0 aromatic carbocycles. The first kappa shape index (κ1) is 8.26. The van der Waals surface area contributed by atoms with Gasteiger partial charge >= 0.3 is 0 Å². The standard InChI is InChI=1S/C9H7N3/c10-4-1-2-9-6-8(7-11)3-5-12-9/h3,5-6H,4,10H2. The highest BCUT2D eigenvalue weighted by atomic mass is 14.7. The molecule has 1 rings (SSSR count). The molecule has 12 heavy (non-hydrogen) atoms. The third-order valence-corrected chi connectivity index (χ3v) is 1.21. The average molecular weight is 157 g/mol. The summed E-state index contributed by atoms with van der Waals surface area (Å²) in [5, 5.41) is 8.54. The topological polar surface area (TPSA) is 62.7 Å². The van der Waals surface area contributed by atoms with Crippen LogP contribution in [0.4, 0.5) is 0 Å². The van der Waals surface area contributed by atoms with E-state index in [1.54, 1.807) is 18.3 Å². The molecule has 0 saturated heterocycles. The first-order valence-electron chi connectivity index (χ1n) is 3.42. The second kappa shape index (κ2) is 4.12. The molecule has 0 radical (unpaired) electrons. The van der Waals surface area contributed by atoms with Crippen LogP contribution in [0.15, 0.2) is 18.3 Å². The molecule has 0 aliphatic carbocycles. The van der Waals surface area contributed by atoms with Gasteiger partial charge in [0.05, 0.1) is 18.2 Å². The minimum absolute atomic E-state index is 0.304. The Balaban J connectivity index is 2.96. The Labute approximate surface area is 70.8 Å². The molecule has 0 aliphatic rings. The van der Waals surface area contributed by atoms with Gasteiger partial charge in [-0.3, -0.25) is 0 Å². The van der Waals surface area contributed by atoms with Crippen molar-refractivity contribution in [2.45, 2.75) is 0 Å². The van der Waals surface area contributed by atoms with Crippen molar-refractivity contribution < 1.29 is 0 Å². The zero-order chi connectivity index (χ0) is 8.81. The second-order valence-corrected chi connectivity index (χ2v) is 2.05. The average Bonchev–Trinajstić information content (AvgIpc) is 2.15. The summed E-state index contributed by atoms with van der Waals surface area (Å²) in [6, 6.07) is 5.26. The number of rotatable bonds is 0. The molecule has 3 nitrogen and oxygen atoms in total. The van der Waals surface area contributed by atoms with Crippen molar-refractivity contribution >= 4 is 0 Å². The normalized spacial score (nSPS) is 8.00. The van der Waals surface area contributed by atoms with Crippen molar-refractivity contribution in [1.29, 1.82) is 5.26 Å². The van der Waals surface area contributed by atoms with Crippen LogP contribution >= 0.6 is 0 Å². The van der Waals surface area contributed by atoms with E-state index in [-0.39, 0.29) is 0 Å². The molecule has 0 bridgehead atoms. The predicted molar refractivity (Wildman–Crippen MR) is 44.9 cm³/mol. The lowest BCUT2D eigenvalue weighted by atomic mass is 10.2. The summed E-state index contributed by atoms with van der Waals surface area (Å²) in [7, 11) is 0. The van der Waals surface area contributed by atoms with E-state index in [0.717, 1.165) is 0 Å². The maximum atomic E-state index is 8.54. The highest BCUT2D eigenvalue weighted by Crippen LogP contribution is 1.97. The third-order valence-electron chi connectivity index (χ3n) is 1.21. The number of pyridine rings is 1. The summed E-state index contributed by atoms with van der Waals surface area (Å²) >= 11 is 0. The lowest BCUT2D eigenvalue weighted by Crippen LogP contribution is -1.93. The van der Waals surface area contributed by atoms with Gasteiger partial charge in [-0.05, 0) is 18.1 Å². The summed E-state index contributed by atoms with van der Waals surface area (Å²) < 4.78 is 0. The van der Waals surface area contributed by atoms with Gasteiger partial charge in [0.15, 0.2) is 0 Å². The first-order valence-corrected chi connectivity index (χ1v) is 3.42. The Morgan fingerprint density at radius 1 is 1.58 bits per heavy atom. The van der Waals surface area contributed by atoms with Gasteiger partial charge in [0.25, 0.3) is 0 Å². The maximum absolute atomic E-state index is 8.54. The predicted octanol–water partition coefficient (Wildman–Crippen LogP) is 0.263. The summed E-state index contributed by atoms with van der Waals surface area (Å²) in [4.78, 5) is 3.94. The van der Waals surface area contributed by atoms with E-state index in [2.05, 4.69) is 16.8 Å². The summed E-state index contributed by atoms with van der Waals surface area (Å²) in [5.74, 6) is 5.40. The molecular formula is C9H7N3. The summed E-state index contributed by atoms with van der Waals surface area (Å²) in [5.41, 5.74) is 6.32. The van der Waals surface area contributed by atoms with Crippen molar-refractivity contribution in [3.05, 3.63) is 29.6 Å². The molecule has 0 aliphatic heterocycles. The van der Waals surface area contributed by atoms with Gasteiger partial charge in [-0.2, -0.15) is 5.26 Å². The Morgan fingerprint density at radius 3 is 3.08 bits per heavy atom. The number of hydrogen-bond acceptors (Lipinski definition) is 3. The van der Waals surface area contributed by atoms with Crippen LogP contribution in [-0.4, -0.2) is 11.5 Å². The molecular weight excluding hydrogens is 150 g/mol. The fourth-order valence-electron chi connectivity index (χ4n) is 0.710. The smallest absolute Gasteiger partial charge is 0.114 e. The largest absolute Gasteiger partial charge is 0.320 e. The zero-order valence-electron chi connectivity index (χ0n) is 6.41. The number of nitrogens with two attached hydrogens (primary N) is 1. The van der Waals surface area contributed by atoms with Gasteiger partial charge in [0.2, 0.25) is 0 Å². The van der Waals surface area contributed by atoms with Gasteiger partial charge < -0.3 is 5.73 Å². The highest BCUT2D eigenvalue weighted by molar-refractivity contribution is 5.36. The van der Waals surface area contributed by atoms with Crippen molar-refractivity contribution in [2.24, 2.45) is 5.73 Å². The monoisotopic (exact) mass is 157 g/mol. The van der Waals surface area contributed by atoms with E-state index in [1.807, 2.05) is 6.07 Å². The zero-order valence-corrected chi connectivity index (χ0v) is 6.41. The van der Waals surface area contributed by atoms with Gasteiger partial charge in [-0.25, -0.2) is 4.98 Å². The van der Waals surface area contributed by atoms with E-state index in [0.29, 0.717) is 17.8 Å². The fourth-order valence-corrected chi connectivity index (χ4v) is 0.710. The molecule has 1 aromatic heterocycles. The van der Waals surface area contributed by atoms with Gasteiger partial charge in [0.1, 0.15) is 5.69 Å². The van der Waals surface area contributed by atoms with Crippen LogP contribution in [0.3, 0.4) is 0 Å². The fraction of sp³-hybridized carbons (Fsp3) is 0.111. The van der Waals surface area contributed by atoms with Crippen LogP contribution in [0.2, 0.25) is 0 Å². The van der Waals surface area contributed by atoms with Crippen LogP contribution in [0, 0.1) is 23.2 Å². The molecule has 0 amide bonds. The molecule has 3 heteroatoms. The number of nitrogens with zero attached hydrogens (tertiary/aromatic N) is 2. The molecule has 0 saturated carbocycles. The minimum atomic E-state index is 0.304. The quantitative estimate of drug-likeness (QED) is 0.549. The maximum Gasteiger partial charge on any atom is 0.114 e. The lowest BCUT2D eigenvalue weighted by Gasteiger charge is -1.88. The van der Waals surface area contributed by atoms with E-state index < -0.39 is 0 Å². The Hall–Kier alpha value is -1.84.